The summed E-state index contributed by atoms with van der Waals surface area (Å²) in [7, 11) is 0. The summed E-state index contributed by atoms with van der Waals surface area (Å²) >= 11 is 5.91. The second kappa shape index (κ2) is 7.23. The molecule has 0 aliphatic rings. The number of nitrogens with zero attached hydrogens (tertiary/aromatic N) is 3. The van der Waals surface area contributed by atoms with Crippen LogP contribution in [0.1, 0.15) is 12.7 Å². The van der Waals surface area contributed by atoms with Crippen LogP contribution in [0.4, 0.5) is 0 Å². The molecule has 0 radical (unpaired) electrons. The highest BCUT2D eigenvalue weighted by Gasteiger charge is 2.13. The fourth-order valence-corrected chi connectivity index (χ4v) is 2.03. The Bertz CT molecular complexity index is 545. The smallest absolute Gasteiger partial charge is 0.138 e. The van der Waals surface area contributed by atoms with Gasteiger partial charge in [-0.05, 0) is 25.1 Å². The Hall–Kier alpha value is -1.63. The van der Waals surface area contributed by atoms with Crippen molar-refractivity contribution >= 4 is 11.6 Å². The number of nitrogens with one attached hydrogen (secondary N) is 1. The minimum Gasteiger partial charge on any atom is -0.492 e. The summed E-state index contributed by atoms with van der Waals surface area (Å²) in [5.74, 6) is 7.16. The first kappa shape index (κ1) is 14.8. The molecule has 1 unspecified atom stereocenters. The highest BCUT2D eigenvalue weighted by molar-refractivity contribution is 6.30. The summed E-state index contributed by atoms with van der Waals surface area (Å²) in [5.41, 5.74) is 2.74. The molecule has 0 spiro atoms. The van der Waals surface area contributed by atoms with Gasteiger partial charge >= 0.3 is 0 Å². The molecule has 6 nitrogen and oxygen atoms in total. The van der Waals surface area contributed by atoms with Crippen LogP contribution < -0.4 is 16.0 Å². The maximum absolute atomic E-state index is 5.91. The molecule has 3 N–H and O–H groups in total. The molecule has 1 heterocycles. The van der Waals surface area contributed by atoms with E-state index >= 15 is 0 Å². The number of benzene rings is 1. The minimum atomic E-state index is -0.0523. The van der Waals surface area contributed by atoms with Gasteiger partial charge in [-0.25, -0.2) is 4.98 Å². The zero-order chi connectivity index (χ0) is 14.4. The van der Waals surface area contributed by atoms with E-state index in [0.29, 0.717) is 18.1 Å². The number of aromatic nitrogens is 3. The van der Waals surface area contributed by atoms with E-state index in [1.54, 1.807) is 18.5 Å². The van der Waals surface area contributed by atoms with Gasteiger partial charge in [-0.3, -0.25) is 16.0 Å². The molecule has 0 aliphatic heterocycles. The molecule has 1 aromatic carbocycles. The zero-order valence-electron chi connectivity index (χ0n) is 11.3. The van der Waals surface area contributed by atoms with Gasteiger partial charge in [-0.1, -0.05) is 17.7 Å². The second-order valence-electron chi connectivity index (χ2n) is 4.33. The summed E-state index contributed by atoms with van der Waals surface area (Å²) in [5, 5.41) is 4.77. The van der Waals surface area contributed by atoms with E-state index in [9.17, 15) is 0 Å². The summed E-state index contributed by atoms with van der Waals surface area (Å²) in [4.78, 5) is 4.22. The summed E-state index contributed by atoms with van der Waals surface area (Å²) in [6.45, 7) is 3.22. The van der Waals surface area contributed by atoms with Crippen molar-refractivity contribution in [2.45, 2.75) is 25.9 Å². The monoisotopic (exact) mass is 295 g/mol. The van der Waals surface area contributed by atoms with E-state index < -0.39 is 0 Å². The van der Waals surface area contributed by atoms with Crippen molar-refractivity contribution in [2.24, 2.45) is 5.84 Å². The Morgan fingerprint density at radius 1 is 1.50 bits per heavy atom. The van der Waals surface area contributed by atoms with Gasteiger partial charge in [-0.2, -0.15) is 5.10 Å². The van der Waals surface area contributed by atoms with E-state index in [-0.39, 0.29) is 6.04 Å². The molecule has 0 bridgehead atoms. The molecule has 0 amide bonds. The van der Waals surface area contributed by atoms with Crippen molar-refractivity contribution in [3.8, 4) is 5.75 Å². The van der Waals surface area contributed by atoms with Gasteiger partial charge in [0.05, 0.1) is 6.04 Å². The lowest BCUT2D eigenvalue weighted by molar-refractivity contribution is 0.261. The van der Waals surface area contributed by atoms with Crippen molar-refractivity contribution in [1.29, 1.82) is 0 Å². The molecule has 0 fully saturated rings. The average molecular weight is 296 g/mol. The number of hydrogen-bond donors (Lipinski definition) is 2. The van der Waals surface area contributed by atoms with Crippen LogP contribution in [0.3, 0.4) is 0 Å². The highest BCUT2D eigenvalue weighted by Crippen LogP contribution is 2.17. The molecule has 0 saturated heterocycles. The van der Waals surface area contributed by atoms with Crippen LogP contribution in [-0.2, 0) is 13.0 Å². The quantitative estimate of drug-likeness (QED) is 0.596. The van der Waals surface area contributed by atoms with Crippen LogP contribution in [0.25, 0.3) is 0 Å². The van der Waals surface area contributed by atoms with Gasteiger partial charge < -0.3 is 4.74 Å². The lowest BCUT2D eigenvalue weighted by Crippen LogP contribution is -2.41. The molecule has 7 heteroatoms. The maximum Gasteiger partial charge on any atom is 0.138 e. The zero-order valence-corrected chi connectivity index (χ0v) is 12.0. The van der Waals surface area contributed by atoms with E-state index in [1.807, 2.05) is 23.7 Å². The Balaban J connectivity index is 1.92. The van der Waals surface area contributed by atoms with Crippen LogP contribution in [0.5, 0.6) is 5.75 Å². The molecular weight excluding hydrogens is 278 g/mol. The molecule has 0 aliphatic carbocycles. The van der Waals surface area contributed by atoms with Crippen LogP contribution in [0.15, 0.2) is 30.6 Å². The van der Waals surface area contributed by atoms with Gasteiger partial charge in [0.15, 0.2) is 0 Å². The fraction of sp³-hybridized carbons (Fsp3) is 0.385. The number of halogens is 1. The molecule has 1 atom stereocenters. The maximum atomic E-state index is 5.91. The van der Waals surface area contributed by atoms with E-state index in [2.05, 4.69) is 15.5 Å². The van der Waals surface area contributed by atoms with Crippen LogP contribution >= 0.6 is 11.6 Å². The van der Waals surface area contributed by atoms with E-state index in [4.69, 9.17) is 22.2 Å². The summed E-state index contributed by atoms with van der Waals surface area (Å²) in [6, 6.07) is 7.22. The van der Waals surface area contributed by atoms with Gasteiger partial charge in [0, 0.05) is 18.0 Å². The first-order valence-electron chi connectivity index (χ1n) is 6.44. The predicted molar refractivity (Wildman–Crippen MR) is 77.5 cm³/mol. The van der Waals surface area contributed by atoms with Gasteiger partial charge in [0.25, 0.3) is 0 Å². The summed E-state index contributed by atoms with van der Waals surface area (Å²) in [6.07, 6.45) is 2.19. The van der Waals surface area contributed by atoms with Crippen LogP contribution in [0.2, 0.25) is 5.02 Å². The largest absolute Gasteiger partial charge is 0.492 e. The third-order valence-electron chi connectivity index (χ3n) is 2.91. The lowest BCUT2D eigenvalue weighted by atomic mass is 10.2. The number of ether oxygens (including phenoxy) is 1. The van der Waals surface area contributed by atoms with Crippen molar-refractivity contribution in [2.75, 3.05) is 6.61 Å². The third kappa shape index (κ3) is 3.93. The molecule has 20 heavy (non-hydrogen) atoms. The van der Waals surface area contributed by atoms with E-state index in [1.165, 1.54) is 0 Å². The molecule has 2 aromatic rings. The molecule has 2 rings (SSSR count). The molecule has 1 aromatic heterocycles. The SMILES string of the molecule is CCn1ncnc1CC(COc1cccc(Cl)c1)NN. The topological polar surface area (TPSA) is 78.0 Å². The third-order valence-corrected chi connectivity index (χ3v) is 3.14. The van der Waals surface area contributed by atoms with Crippen molar-refractivity contribution < 1.29 is 4.74 Å². The molecular formula is C13H18ClN5O. The highest BCUT2D eigenvalue weighted by atomic mass is 35.5. The predicted octanol–water partition coefficient (Wildman–Crippen LogP) is 1.40. The number of hydrazine groups is 1. The Kier molecular flexibility index (Phi) is 5.34. The lowest BCUT2D eigenvalue weighted by Gasteiger charge is -2.16. The molecule has 108 valence electrons. The number of rotatable bonds is 7. The van der Waals surface area contributed by atoms with Gasteiger partial charge in [0.1, 0.15) is 24.5 Å². The number of hydrogen-bond acceptors (Lipinski definition) is 5. The van der Waals surface area contributed by atoms with Crippen molar-refractivity contribution in [3.05, 3.63) is 41.4 Å². The molecule has 0 saturated carbocycles. The number of nitrogens with two attached hydrogens (primary N) is 1. The van der Waals surface area contributed by atoms with Gasteiger partial charge in [0.2, 0.25) is 0 Å². The van der Waals surface area contributed by atoms with Crippen molar-refractivity contribution in [3.63, 3.8) is 0 Å². The standard InChI is InChI=1S/C13H18ClN5O/c1-2-19-13(16-9-17-19)7-11(18-15)8-20-12-5-3-4-10(14)6-12/h3-6,9,11,18H,2,7-8,15H2,1H3. The number of aryl methyl sites for hydroxylation is 1. The Morgan fingerprint density at radius 3 is 3.05 bits per heavy atom. The average Bonchev–Trinajstić information content (AvgIpc) is 2.90. The fourth-order valence-electron chi connectivity index (χ4n) is 1.85. The van der Waals surface area contributed by atoms with Gasteiger partial charge in [-0.15, -0.1) is 0 Å². The van der Waals surface area contributed by atoms with Crippen LogP contribution in [-0.4, -0.2) is 27.4 Å². The summed E-state index contributed by atoms with van der Waals surface area (Å²) < 4.78 is 7.51. The normalized spacial score (nSPS) is 12.3. The van der Waals surface area contributed by atoms with E-state index in [0.717, 1.165) is 18.1 Å². The Morgan fingerprint density at radius 2 is 2.35 bits per heavy atom. The minimum absolute atomic E-state index is 0.0523. The first-order chi connectivity index (χ1) is 9.72. The Labute approximate surface area is 122 Å². The first-order valence-corrected chi connectivity index (χ1v) is 6.82. The van der Waals surface area contributed by atoms with Crippen LogP contribution in [0, 0.1) is 0 Å². The van der Waals surface area contributed by atoms with Crippen molar-refractivity contribution in [1.82, 2.24) is 20.2 Å². The second-order valence-corrected chi connectivity index (χ2v) is 4.76.